The Kier molecular flexibility index (Phi) is 4.50. The molecule has 2 rings (SSSR count). The molecule has 17 heavy (non-hydrogen) atoms. The second-order valence-corrected chi connectivity index (χ2v) is 4.40. The Morgan fingerprint density at radius 2 is 2.24 bits per heavy atom. The number of carbonyl (C=O) groups excluding carboxylic acids is 1. The van der Waals surface area contributed by atoms with Crippen molar-refractivity contribution in [2.24, 2.45) is 0 Å². The van der Waals surface area contributed by atoms with E-state index in [1.807, 2.05) is 12.1 Å². The first kappa shape index (κ1) is 12.0. The lowest BCUT2D eigenvalue weighted by Gasteiger charge is -2.22. The second-order valence-electron chi connectivity index (χ2n) is 4.40. The monoisotopic (exact) mass is 233 g/mol. The van der Waals surface area contributed by atoms with Crippen LogP contribution in [0.25, 0.3) is 0 Å². The van der Waals surface area contributed by atoms with Crippen molar-refractivity contribution in [3.8, 4) is 0 Å². The number of carbonyl (C=O) groups is 1. The van der Waals surface area contributed by atoms with Crippen LogP contribution in [0.1, 0.15) is 24.8 Å². The van der Waals surface area contributed by atoms with Gasteiger partial charge in [0, 0.05) is 18.9 Å². The number of hydrogen-bond acceptors (Lipinski definition) is 3. The molecule has 0 aliphatic carbocycles. The molecule has 1 aromatic heterocycles. The van der Waals surface area contributed by atoms with Gasteiger partial charge in [-0.25, -0.2) is 0 Å². The highest BCUT2D eigenvalue weighted by molar-refractivity contribution is 5.81. The highest BCUT2D eigenvalue weighted by Crippen LogP contribution is 2.06. The molecule has 1 amide bonds. The Balaban J connectivity index is 1.69. The van der Waals surface area contributed by atoms with E-state index in [1.165, 1.54) is 12.0 Å². The molecule has 0 radical (unpaired) electrons. The van der Waals surface area contributed by atoms with Gasteiger partial charge >= 0.3 is 0 Å². The predicted molar refractivity (Wildman–Crippen MR) is 66.6 cm³/mol. The zero-order chi connectivity index (χ0) is 11.9. The fourth-order valence-corrected chi connectivity index (χ4v) is 2.08. The van der Waals surface area contributed by atoms with Crippen molar-refractivity contribution in [1.29, 1.82) is 0 Å². The molecular weight excluding hydrogens is 214 g/mol. The van der Waals surface area contributed by atoms with Gasteiger partial charge in [-0.05, 0) is 43.5 Å². The zero-order valence-corrected chi connectivity index (χ0v) is 9.98. The van der Waals surface area contributed by atoms with Gasteiger partial charge in [0.2, 0.25) is 5.91 Å². The van der Waals surface area contributed by atoms with Crippen LogP contribution < -0.4 is 10.6 Å². The van der Waals surface area contributed by atoms with Crippen molar-refractivity contribution in [2.45, 2.75) is 31.7 Å². The van der Waals surface area contributed by atoms with Crippen molar-refractivity contribution in [3.05, 3.63) is 30.1 Å². The Morgan fingerprint density at radius 3 is 2.94 bits per heavy atom. The number of nitrogens with zero attached hydrogens (tertiary/aromatic N) is 1. The standard InChI is InChI=1S/C13H19N3O/c17-13(12-3-1-2-7-15-12)16-10-6-11-4-8-14-9-5-11/h4-5,8-9,12,15H,1-3,6-7,10H2,(H,16,17)/t12-/m1/s1. The van der Waals surface area contributed by atoms with Crippen LogP contribution in [-0.4, -0.2) is 30.0 Å². The number of pyridine rings is 1. The molecule has 1 aromatic rings. The van der Waals surface area contributed by atoms with Crippen molar-refractivity contribution < 1.29 is 4.79 Å². The summed E-state index contributed by atoms with van der Waals surface area (Å²) in [6, 6.07) is 3.97. The van der Waals surface area contributed by atoms with Crippen LogP contribution in [0, 0.1) is 0 Å². The van der Waals surface area contributed by atoms with Crippen molar-refractivity contribution >= 4 is 5.91 Å². The van der Waals surface area contributed by atoms with Gasteiger partial charge in [0.1, 0.15) is 0 Å². The molecule has 0 saturated carbocycles. The fraction of sp³-hybridized carbons (Fsp3) is 0.538. The molecular formula is C13H19N3O. The van der Waals surface area contributed by atoms with E-state index in [0.29, 0.717) is 6.54 Å². The van der Waals surface area contributed by atoms with Gasteiger partial charge in [0.25, 0.3) is 0 Å². The molecule has 0 bridgehead atoms. The maximum absolute atomic E-state index is 11.8. The highest BCUT2D eigenvalue weighted by atomic mass is 16.2. The van der Waals surface area contributed by atoms with Crippen LogP contribution in [0.2, 0.25) is 0 Å². The molecule has 4 heteroatoms. The largest absolute Gasteiger partial charge is 0.354 e. The average molecular weight is 233 g/mol. The van der Waals surface area contributed by atoms with Crippen LogP contribution >= 0.6 is 0 Å². The normalized spacial score (nSPS) is 19.9. The third-order valence-electron chi connectivity index (χ3n) is 3.09. The Bertz CT molecular complexity index is 347. The predicted octanol–water partition coefficient (Wildman–Crippen LogP) is 0.882. The van der Waals surface area contributed by atoms with Crippen LogP contribution in [0.15, 0.2) is 24.5 Å². The van der Waals surface area contributed by atoms with Crippen LogP contribution in [-0.2, 0) is 11.2 Å². The number of amides is 1. The smallest absolute Gasteiger partial charge is 0.237 e. The maximum atomic E-state index is 11.8. The van der Waals surface area contributed by atoms with Crippen molar-refractivity contribution in [2.75, 3.05) is 13.1 Å². The van der Waals surface area contributed by atoms with Gasteiger partial charge in [-0.1, -0.05) is 6.42 Å². The van der Waals surface area contributed by atoms with Gasteiger partial charge in [-0.3, -0.25) is 9.78 Å². The Hall–Kier alpha value is -1.42. The summed E-state index contributed by atoms with van der Waals surface area (Å²) in [5.41, 5.74) is 1.21. The van der Waals surface area contributed by atoms with Crippen LogP contribution in [0.4, 0.5) is 0 Å². The molecule has 1 saturated heterocycles. The van der Waals surface area contributed by atoms with Gasteiger partial charge in [0.05, 0.1) is 6.04 Å². The summed E-state index contributed by atoms with van der Waals surface area (Å²) in [4.78, 5) is 15.8. The summed E-state index contributed by atoms with van der Waals surface area (Å²) >= 11 is 0. The summed E-state index contributed by atoms with van der Waals surface area (Å²) < 4.78 is 0. The van der Waals surface area contributed by atoms with Crippen molar-refractivity contribution in [1.82, 2.24) is 15.6 Å². The van der Waals surface area contributed by atoms with E-state index in [-0.39, 0.29) is 11.9 Å². The molecule has 0 spiro atoms. The second kappa shape index (κ2) is 6.35. The minimum absolute atomic E-state index is 0.0150. The number of rotatable bonds is 4. The maximum Gasteiger partial charge on any atom is 0.237 e. The zero-order valence-electron chi connectivity index (χ0n) is 9.98. The first-order chi connectivity index (χ1) is 8.36. The number of hydrogen-bond donors (Lipinski definition) is 2. The molecule has 0 aromatic carbocycles. The van der Waals surface area contributed by atoms with Gasteiger partial charge in [-0.2, -0.15) is 0 Å². The molecule has 2 N–H and O–H groups in total. The quantitative estimate of drug-likeness (QED) is 0.812. The topological polar surface area (TPSA) is 54.0 Å². The summed E-state index contributed by atoms with van der Waals surface area (Å²) in [5.74, 6) is 0.138. The SMILES string of the molecule is O=C(NCCc1ccncc1)[C@H]1CCCCN1. The number of piperidine rings is 1. The average Bonchev–Trinajstić information content (AvgIpc) is 2.41. The van der Waals surface area contributed by atoms with E-state index in [2.05, 4.69) is 15.6 Å². The molecule has 0 unspecified atom stereocenters. The van der Waals surface area contributed by atoms with Crippen LogP contribution in [0.5, 0.6) is 0 Å². The number of aromatic nitrogens is 1. The van der Waals surface area contributed by atoms with Gasteiger partial charge in [0.15, 0.2) is 0 Å². The summed E-state index contributed by atoms with van der Waals surface area (Å²) in [6.07, 6.45) is 7.71. The molecule has 1 atom stereocenters. The summed E-state index contributed by atoms with van der Waals surface area (Å²) in [7, 11) is 0. The highest BCUT2D eigenvalue weighted by Gasteiger charge is 2.19. The van der Waals surface area contributed by atoms with E-state index < -0.39 is 0 Å². The molecule has 2 heterocycles. The van der Waals surface area contributed by atoms with E-state index in [9.17, 15) is 4.79 Å². The minimum atomic E-state index is 0.0150. The lowest BCUT2D eigenvalue weighted by atomic mass is 10.0. The third kappa shape index (κ3) is 3.82. The first-order valence-corrected chi connectivity index (χ1v) is 6.26. The molecule has 4 nitrogen and oxygen atoms in total. The molecule has 1 aliphatic heterocycles. The van der Waals surface area contributed by atoms with E-state index >= 15 is 0 Å². The fourth-order valence-electron chi connectivity index (χ4n) is 2.08. The third-order valence-corrected chi connectivity index (χ3v) is 3.09. The Morgan fingerprint density at radius 1 is 1.41 bits per heavy atom. The van der Waals surface area contributed by atoms with Gasteiger partial charge < -0.3 is 10.6 Å². The van der Waals surface area contributed by atoms with Gasteiger partial charge in [-0.15, -0.1) is 0 Å². The lowest BCUT2D eigenvalue weighted by Crippen LogP contribution is -2.47. The van der Waals surface area contributed by atoms with E-state index in [0.717, 1.165) is 25.8 Å². The molecule has 1 fully saturated rings. The van der Waals surface area contributed by atoms with E-state index in [1.54, 1.807) is 12.4 Å². The summed E-state index contributed by atoms with van der Waals surface area (Å²) in [6.45, 7) is 1.66. The Labute approximate surface area is 102 Å². The minimum Gasteiger partial charge on any atom is -0.354 e. The van der Waals surface area contributed by atoms with Crippen LogP contribution in [0.3, 0.4) is 0 Å². The number of nitrogens with one attached hydrogen (secondary N) is 2. The van der Waals surface area contributed by atoms with Crippen molar-refractivity contribution in [3.63, 3.8) is 0 Å². The lowest BCUT2D eigenvalue weighted by molar-refractivity contribution is -0.123. The summed E-state index contributed by atoms with van der Waals surface area (Å²) in [5, 5.41) is 6.22. The molecule has 92 valence electrons. The van der Waals surface area contributed by atoms with E-state index in [4.69, 9.17) is 0 Å². The molecule has 1 aliphatic rings. The first-order valence-electron chi connectivity index (χ1n) is 6.26.